The number of piperidine rings is 1. The number of H-pyrrole nitrogens is 1. The molecular formula is C38H48FFmN8O6-. The molecule has 0 bridgehead atoms. The van der Waals surface area contributed by atoms with Crippen LogP contribution in [0.2, 0.25) is 0 Å². The zero-order chi connectivity index (χ0) is 36.9. The number of rotatable bonds is 11. The van der Waals surface area contributed by atoms with Crippen molar-refractivity contribution in [2.45, 2.75) is 25.3 Å². The van der Waals surface area contributed by atoms with E-state index in [9.17, 15) is 28.4 Å². The number of amides is 4. The number of halogens is 1. The molecule has 5 heterocycles. The summed E-state index contributed by atoms with van der Waals surface area (Å²) in [7, 11) is 0. The Bertz CT molecular complexity index is 1880. The van der Waals surface area contributed by atoms with Crippen LogP contribution in [0.5, 0.6) is 0 Å². The van der Waals surface area contributed by atoms with E-state index in [0.717, 1.165) is 45.6 Å². The topological polar surface area (TPSA) is 151 Å². The van der Waals surface area contributed by atoms with Gasteiger partial charge in [-0.3, -0.25) is 29.0 Å². The number of carbonyl (C=O) groups excluding carboxylic acids is 4. The Hall–Kier alpha value is -5.73. The second-order valence-electron chi connectivity index (χ2n) is 14.6. The Morgan fingerprint density at radius 2 is 1.57 bits per heavy atom. The number of piperazine rings is 2. The minimum atomic E-state index is -0.604. The smallest absolute Gasteiger partial charge is 0.272 e. The van der Waals surface area contributed by atoms with E-state index in [1.54, 1.807) is 40.5 Å². The maximum absolute atomic E-state index is 15.0. The molecule has 2 aromatic carbocycles. The molecule has 1 aromatic heterocycles. The average Bonchev–Trinajstić information content (AvgIpc) is 3.16. The largest absolute Gasteiger partial charge is 0.520 e. The predicted molar refractivity (Wildman–Crippen MR) is 195 cm³/mol. The van der Waals surface area contributed by atoms with Crippen molar-refractivity contribution < 1.29 is 29.7 Å². The third kappa shape index (κ3) is 8.40. The molecule has 3 aromatic rings. The molecule has 1 unspecified atom stereocenters. The van der Waals surface area contributed by atoms with E-state index in [1.807, 2.05) is 17.0 Å². The number of nitrogens with one attached hydrogen (secondary N) is 2. The van der Waals surface area contributed by atoms with Gasteiger partial charge in [-0.25, -0.2) is 9.49 Å². The van der Waals surface area contributed by atoms with E-state index in [-0.39, 0.29) is 30.3 Å². The Morgan fingerprint density at radius 3 is 2.24 bits per heavy atom. The molecule has 2 N–H and O–H groups in total. The van der Waals surface area contributed by atoms with Gasteiger partial charge in [-0.05, 0) is 55.6 Å². The van der Waals surface area contributed by atoms with Crippen LogP contribution in [0.15, 0.2) is 47.3 Å². The van der Waals surface area contributed by atoms with Gasteiger partial charge in [0.1, 0.15) is 5.82 Å². The summed E-state index contributed by atoms with van der Waals surface area (Å²) >= 11 is 0. The van der Waals surface area contributed by atoms with Crippen LogP contribution in [-0.2, 0) is 25.5 Å². The summed E-state index contributed by atoms with van der Waals surface area (Å²) in [6.07, 6.45) is 3.99. The first-order chi connectivity index (χ1) is 25.8. The van der Waals surface area contributed by atoms with Crippen molar-refractivity contribution in [2.75, 3.05) is 91.8 Å². The molecule has 0 radical (unpaired) electrons. The maximum atomic E-state index is 15.0. The summed E-state index contributed by atoms with van der Waals surface area (Å²) in [5.41, 5.74) is 1.02. The molecule has 0 saturated carbocycles. The fraction of sp³-hybridized carbons (Fsp3) is 0.526. The van der Waals surface area contributed by atoms with Gasteiger partial charge < -0.3 is 29.5 Å². The van der Waals surface area contributed by atoms with E-state index < -0.39 is 17.8 Å². The quantitative estimate of drug-likeness (QED) is 0.209. The zero-order valence-corrected chi connectivity index (χ0v) is 32.5. The van der Waals surface area contributed by atoms with Crippen LogP contribution >= 0.6 is 0 Å². The molecule has 1 atom stereocenters. The number of aromatic nitrogens is 2. The van der Waals surface area contributed by atoms with Crippen molar-refractivity contribution in [1.82, 2.24) is 40.0 Å². The van der Waals surface area contributed by atoms with Crippen LogP contribution in [0, 0.1) is 17.7 Å². The minimum absolute atomic E-state index is 0. The molecule has 7 rings (SSSR count). The van der Waals surface area contributed by atoms with Crippen LogP contribution in [0.3, 0.4) is 0 Å². The summed E-state index contributed by atoms with van der Waals surface area (Å²) in [5.74, 6) is -0.497. The second-order valence-corrected chi connectivity index (χ2v) is 14.6. The van der Waals surface area contributed by atoms with Crippen molar-refractivity contribution in [3.63, 3.8) is 0 Å². The maximum Gasteiger partial charge on any atom is 0.272 e. The number of ether oxygens (including phenoxy) is 1. The molecule has 0 spiro atoms. The first kappa shape index (κ1) is 38.0. The van der Waals surface area contributed by atoms with Crippen LogP contribution in [0.25, 0.3) is 10.8 Å². The SMILES string of the molecule is O=[C-]NC(C(=O)N1CCN(CC2CCN(CC(=O)N3CCN(C(=O)c4cc(Cc5n[nH]c(=O)c6ccccc56)ccc4F)CC3)CC2)CC1)C1COC1.[Fm].[HH]. The van der Waals surface area contributed by atoms with Crippen LogP contribution in [0.4, 0.5) is 4.39 Å². The third-order valence-electron chi connectivity index (χ3n) is 11.2. The van der Waals surface area contributed by atoms with Gasteiger partial charge in [0, 0.05) is 78.1 Å². The number of likely N-dealkylation sites (tertiary alicyclic amines) is 1. The first-order valence-corrected chi connectivity index (χ1v) is 18.5. The Labute approximate surface area is 308 Å². The summed E-state index contributed by atoms with van der Waals surface area (Å²) in [5, 5.41) is 10.5. The average molecular weight is 989 g/mol. The van der Waals surface area contributed by atoms with E-state index in [0.29, 0.717) is 93.4 Å². The predicted octanol–water partition coefficient (Wildman–Crippen LogP) is 0.711. The Kier molecular flexibility index (Phi) is 11.9. The van der Waals surface area contributed by atoms with Gasteiger partial charge >= 0.3 is 0 Å². The zero-order valence-electron chi connectivity index (χ0n) is 30.1. The van der Waals surface area contributed by atoms with Crippen molar-refractivity contribution >= 4 is 34.9 Å². The van der Waals surface area contributed by atoms with E-state index in [4.69, 9.17) is 4.74 Å². The standard InChI is InChI=1S/C38H46FN8O6.Fm.H2/c39-32-6-5-27(20-33-29-3-1-2-4-30(29)36(50)42-41-33)19-31(32)37(51)46-17-15-45(16-18-46)34(49)22-43-9-7-26(8-10-43)21-44-11-13-47(14-12-44)38(52)35(40-25-48)28-23-53-24-28;;/h1-6,19,26,28,35H,7-18,20-24H2,(H,40,48)(H,42,50);;1H/q-1;;. The molecule has 16 heteroatoms. The molecule has 4 amide bonds. The molecule has 4 aliphatic heterocycles. The van der Waals surface area contributed by atoms with Gasteiger partial charge in [0.15, 0.2) is 0 Å². The van der Waals surface area contributed by atoms with Gasteiger partial charge in [0.05, 0.1) is 42.4 Å². The number of nitrogens with zero attached hydrogens (tertiary/aromatic N) is 6. The number of hydrogen-bond donors (Lipinski definition) is 2. The fourth-order valence-electron chi connectivity index (χ4n) is 7.90. The molecular weight excluding hydrogens is 940 g/mol. The summed E-state index contributed by atoms with van der Waals surface area (Å²) in [6.45, 7) is 8.21. The van der Waals surface area contributed by atoms with E-state index in [2.05, 4.69) is 25.3 Å². The third-order valence-corrected chi connectivity index (χ3v) is 11.2. The Morgan fingerprint density at radius 1 is 0.907 bits per heavy atom. The molecule has 4 aliphatic rings. The molecule has 296 valence electrons. The normalized spacial score (nSPS) is 19.5. The summed E-state index contributed by atoms with van der Waals surface area (Å²) < 4.78 is 20.2. The first-order valence-electron chi connectivity index (χ1n) is 18.5. The number of fused-ring (bicyclic) bond motifs is 1. The fourth-order valence-corrected chi connectivity index (χ4v) is 7.90. The molecule has 4 saturated heterocycles. The summed E-state index contributed by atoms with van der Waals surface area (Å²) in [6, 6.07) is 11.1. The van der Waals surface area contributed by atoms with E-state index in [1.165, 1.54) is 6.07 Å². The molecule has 0 aliphatic carbocycles. The number of aromatic amines is 1. The van der Waals surface area contributed by atoms with Gasteiger partial charge in [0.25, 0.3) is 11.5 Å². The van der Waals surface area contributed by atoms with Gasteiger partial charge in [-0.1, -0.05) is 24.3 Å². The second kappa shape index (κ2) is 16.9. The minimum Gasteiger partial charge on any atom is -0.520 e. The van der Waals surface area contributed by atoms with Gasteiger partial charge in [-0.2, -0.15) is 11.5 Å². The van der Waals surface area contributed by atoms with Crippen LogP contribution < -0.4 is 10.9 Å². The van der Waals surface area contributed by atoms with Gasteiger partial charge in [-0.15, -0.1) is 0 Å². The Balaban J connectivity index is 0.00000290. The van der Waals surface area contributed by atoms with Crippen molar-refractivity contribution in [1.29, 1.82) is 0 Å². The summed E-state index contributed by atoms with van der Waals surface area (Å²) in [4.78, 5) is 72.7. The molecule has 54 heavy (non-hydrogen) atoms. The monoisotopic (exact) mass is 988 g/mol. The van der Waals surface area contributed by atoms with Crippen molar-refractivity contribution in [2.24, 2.45) is 11.8 Å². The van der Waals surface area contributed by atoms with Crippen LogP contribution in [0.1, 0.15) is 35.9 Å². The number of carbonyl (C=O) groups is 3. The van der Waals surface area contributed by atoms with Crippen molar-refractivity contribution in [3.05, 3.63) is 75.5 Å². The number of benzene rings is 2. The number of hydrogen-bond acceptors (Lipinski definition) is 9. The van der Waals surface area contributed by atoms with E-state index >= 15 is 0 Å². The van der Waals surface area contributed by atoms with Crippen LogP contribution in [-0.4, -0.2) is 157 Å². The van der Waals surface area contributed by atoms with Crippen molar-refractivity contribution in [3.8, 4) is 0 Å². The van der Waals surface area contributed by atoms with Gasteiger partial charge in [0.2, 0.25) is 11.8 Å². The molecule has 14 nitrogen and oxygen atoms in total. The molecule has 4 fully saturated rings.